The molecule has 0 N–H and O–H groups in total. The van der Waals surface area contributed by atoms with Crippen molar-refractivity contribution in [2.45, 2.75) is 142 Å². The number of hydrogen-bond donors (Lipinski definition) is 0. The minimum absolute atomic E-state index is 0.330. The molecule has 1 unspecified atom stereocenters. The Hall–Kier alpha value is 0.860. The summed E-state index contributed by atoms with van der Waals surface area (Å²) in [5, 5.41) is 0. The Morgan fingerprint density at radius 1 is 0.423 bits per heavy atom. The van der Waals surface area contributed by atoms with E-state index in [1.807, 2.05) is 0 Å². The van der Waals surface area contributed by atoms with E-state index in [2.05, 4.69) is 13.8 Å². The fraction of sp³-hybridized carbons (Fsp3) is 1.00. The molecule has 0 saturated carbocycles. The first kappa shape index (κ1) is 26.9. The summed E-state index contributed by atoms with van der Waals surface area (Å²) < 4.78 is 0. The summed E-state index contributed by atoms with van der Waals surface area (Å²) in [7, 11) is 1.72. The van der Waals surface area contributed by atoms with Crippen LogP contribution in [0.3, 0.4) is 0 Å². The van der Waals surface area contributed by atoms with Gasteiger partial charge in [-0.2, -0.15) is 0 Å². The van der Waals surface area contributed by atoms with Crippen LogP contribution in [0, 0.1) is 0 Å². The normalized spacial score (nSPS) is 11.9. The van der Waals surface area contributed by atoms with Crippen LogP contribution in [-0.4, -0.2) is 12.3 Å². The van der Waals surface area contributed by atoms with E-state index in [0.717, 1.165) is 0 Å². The van der Waals surface area contributed by atoms with Gasteiger partial charge in [-0.15, -0.1) is 0 Å². The molecule has 0 radical (unpaired) electrons. The average molecular weight is 405 g/mol. The van der Waals surface area contributed by atoms with Crippen LogP contribution in [0.25, 0.3) is 0 Å². The predicted molar refractivity (Wildman–Crippen MR) is 133 cm³/mol. The molecule has 0 aliphatic carbocycles. The predicted octanol–water partition coefficient (Wildman–Crippen LogP) is 9.56. The molecule has 0 spiro atoms. The monoisotopic (exact) mass is 404 g/mol. The molecular weight excluding hydrogens is 350 g/mol. The molecule has 26 heavy (non-hydrogen) atoms. The first-order valence-corrected chi connectivity index (χ1v) is 17.2. The van der Waals surface area contributed by atoms with Crippen molar-refractivity contribution in [1.82, 2.24) is 0 Å². The van der Waals surface area contributed by atoms with Gasteiger partial charge in [0.05, 0.1) is 0 Å². The summed E-state index contributed by atoms with van der Waals surface area (Å²) in [5.74, 6) is 0. The van der Waals surface area contributed by atoms with E-state index in [9.17, 15) is 0 Å². The van der Waals surface area contributed by atoms with Crippen LogP contribution >= 0.6 is 16.5 Å². The summed E-state index contributed by atoms with van der Waals surface area (Å²) in [4.78, 5) is 0. The van der Waals surface area contributed by atoms with Crippen LogP contribution < -0.4 is 0 Å². The summed E-state index contributed by atoms with van der Waals surface area (Å²) in [6.07, 6.45) is 33.0. The van der Waals surface area contributed by atoms with Crippen molar-refractivity contribution in [3.05, 3.63) is 0 Å². The zero-order valence-electron chi connectivity index (χ0n) is 18.8. The second kappa shape index (κ2) is 25.9. The van der Waals surface area contributed by atoms with Gasteiger partial charge in [-0.25, -0.2) is 0 Å². The molecule has 0 aromatic heterocycles. The SMILES string of the molecule is CCCCCCCCCCCCP[PH3]CCCCCCCCCCCC. The van der Waals surface area contributed by atoms with E-state index < -0.39 is 0 Å². The zero-order chi connectivity index (χ0) is 19.0. The third-order valence-corrected chi connectivity index (χ3v) is 10.8. The van der Waals surface area contributed by atoms with E-state index in [1.54, 1.807) is 25.2 Å². The second-order valence-electron chi connectivity index (χ2n) is 8.47. The van der Waals surface area contributed by atoms with E-state index in [1.165, 1.54) is 124 Å². The summed E-state index contributed by atoms with van der Waals surface area (Å²) in [5.41, 5.74) is 0. The Bertz CT molecular complexity index is 206. The van der Waals surface area contributed by atoms with Gasteiger partial charge in [0, 0.05) is 0 Å². The topological polar surface area (TPSA) is 0 Å². The third-order valence-electron chi connectivity index (χ3n) is 5.66. The third kappa shape index (κ3) is 24.9. The molecule has 0 rings (SSSR count). The van der Waals surface area contributed by atoms with Crippen LogP contribution in [0.5, 0.6) is 0 Å². The van der Waals surface area contributed by atoms with Crippen molar-refractivity contribution >= 4 is 16.5 Å². The molecule has 0 saturated heterocycles. The van der Waals surface area contributed by atoms with Gasteiger partial charge in [0.2, 0.25) is 0 Å². The van der Waals surface area contributed by atoms with Gasteiger partial charge in [0.15, 0.2) is 0 Å². The molecule has 0 amide bonds. The van der Waals surface area contributed by atoms with Gasteiger partial charge >= 0.3 is 164 Å². The van der Waals surface area contributed by atoms with E-state index in [4.69, 9.17) is 0 Å². The van der Waals surface area contributed by atoms with Gasteiger partial charge in [-0.3, -0.25) is 0 Å². The number of hydrogen-bond acceptors (Lipinski definition) is 0. The van der Waals surface area contributed by atoms with Crippen molar-refractivity contribution in [1.29, 1.82) is 0 Å². The average Bonchev–Trinajstić information content (AvgIpc) is 2.66. The Morgan fingerprint density at radius 3 is 1.19 bits per heavy atom. The maximum atomic E-state index is 2.31. The molecule has 0 aliphatic heterocycles. The Balaban J connectivity index is 2.95. The van der Waals surface area contributed by atoms with Gasteiger partial charge in [-0.1, -0.05) is 6.92 Å². The van der Waals surface area contributed by atoms with Crippen molar-refractivity contribution in [2.24, 2.45) is 0 Å². The van der Waals surface area contributed by atoms with Crippen LogP contribution in [0.15, 0.2) is 0 Å². The molecule has 0 aromatic rings. The number of unbranched alkanes of at least 4 members (excludes halogenated alkanes) is 18. The standard InChI is InChI=1S/C24H54P2/c1-3-5-7-9-11-13-15-17-19-21-23-25-26-24-22-20-18-16-14-12-10-8-6-4-2/h25H,3-24H2,1-2,26H3. The van der Waals surface area contributed by atoms with Crippen LogP contribution in [0.4, 0.5) is 0 Å². The number of rotatable bonds is 23. The molecule has 1 atom stereocenters. The van der Waals surface area contributed by atoms with Crippen molar-refractivity contribution < 1.29 is 0 Å². The van der Waals surface area contributed by atoms with Crippen LogP contribution in [0.2, 0.25) is 0 Å². The Labute approximate surface area is 171 Å². The molecular formula is C24H54P2. The first-order chi connectivity index (χ1) is 12.9. The van der Waals surface area contributed by atoms with E-state index >= 15 is 0 Å². The zero-order valence-corrected chi connectivity index (χ0v) is 21.2. The van der Waals surface area contributed by atoms with E-state index in [-0.39, 0.29) is 0 Å². The molecule has 0 bridgehead atoms. The van der Waals surface area contributed by atoms with Gasteiger partial charge < -0.3 is 0 Å². The van der Waals surface area contributed by atoms with Crippen molar-refractivity contribution in [3.63, 3.8) is 0 Å². The second-order valence-corrected chi connectivity index (χ2v) is 13.7. The van der Waals surface area contributed by atoms with Crippen LogP contribution in [0.1, 0.15) is 142 Å². The quantitative estimate of drug-likeness (QED) is 0.117. The van der Waals surface area contributed by atoms with Crippen molar-refractivity contribution in [2.75, 3.05) is 12.3 Å². The van der Waals surface area contributed by atoms with Crippen LogP contribution in [-0.2, 0) is 0 Å². The Morgan fingerprint density at radius 2 is 0.769 bits per heavy atom. The molecule has 0 heterocycles. The molecule has 2 heteroatoms. The Kier molecular flexibility index (Phi) is 26.7. The molecule has 0 aliphatic rings. The molecule has 160 valence electrons. The summed E-state index contributed by atoms with van der Waals surface area (Å²) in [6, 6.07) is 0. The fourth-order valence-electron chi connectivity index (χ4n) is 3.78. The molecule has 0 aromatic carbocycles. The van der Waals surface area contributed by atoms with Gasteiger partial charge in [-0.05, 0) is 0 Å². The fourth-order valence-corrected chi connectivity index (χ4v) is 8.38. The maximum absolute atomic E-state index is 2.31. The first-order valence-electron chi connectivity index (χ1n) is 12.6. The van der Waals surface area contributed by atoms with E-state index in [0.29, 0.717) is 8.27 Å². The molecule has 0 nitrogen and oxygen atoms in total. The minimum atomic E-state index is 0.330. The summed E-state index contributed by atoms with van der Waals surface area (Å²) in [6.45, 7) is 4.61. The van der Waals surface area contributed by atoms with Gasteiger partial charge in [0.25, 0.3) is 0 Å². The molecule has 0 fully saturated rings. The van der Waals surface area contributed by atoms with Crippen molar-refractivity contribution in [3.8, 4) is 0 Å². The summed E-state index contributed by atoms with van der Waals surface area (Å²) >= 11 is 0. The van der Waals surface area contributed by atoms with Gasteiger partial charge in [0.1, 0.15) is 0 Å².